The zero-order chi connectivity index (χ0) is 14.8. The van der Waals surface area contributed by atoms with Gasteiger partial charge in [0, 0.05) is 29.5 Å². The van der Waals surface area contributed by atoms with Gasteiger partial charge in [0.15, 0.2) is 0 Å². The number of halogens is 2. The molecule has 0 saturated carbocycles. The van der Waals surface area contributed by atoms with Gasteiger partial charge in [0.05, 0.1) is 11.4 Å². The molecule has 0 N–H and O–H groups in total. The van der Waals surface area contributed by atoms with Crippen molar-refractivity contribution in [1.29, 1.82) is 0 Å². The van der Waals surface area contributed by atoms with E-state index in [0.717, 1.165) is 17.3 Å². The van der Waals surface area contributed by atoms with Gasteiger partial charge in [-0.05, 0) is 30.3 Å². The number of pyridine rings is 1. The molecular formula is C17H10F2N2. The van der Waals surface area contributed by atoms with Crippen LogP contribution in [-0.4, -0.2) is 10.7 Å². The van der Waals surface area contributed by atoms with E-state index in [1.54, 1.807) is 30.5 Å². The first-order valence-electron chi connectivity index (χ1n) is 6.27. The minimum atomic E-state index is -0.650. The standard InChI is InChI=1S/C17H10F2N2/c1-2-16(21-13-4-5-13)11-7-8-20-17(9-11)14-6-3-12(18)10-15(14)19/h2-4,6-10H,1H2. The monoisotopic (exact) mass is 280 g/mol. The van der Waals surface area contributed by atoms with Crippen molar-refractivity contribution in [2.24, 2.45) is 4.99 Å². The minimum absolute atomic E-state index is 0.241. The van der Waals surface area contributed by atoms with E-state index in [4.69, 9.17) is 0 Å². The largest absolute Gasteiger partial charge is 0.256 e. The van der Waals surface area contributed by atoms with E-state index >= 15 is 0 Å². The van der Waals surface area contributed by atoms with E-state index < -0.39 is 11.6 Å². The number of hydrogen-bond acceptors (Lipinski definition) is 2. The predicted molar refractivity (Wildman–Crippen MR) is 77.9 cm³/mol. The molecule has 0 aliphatic heterocycles. The Morgan fingerprint density at radius 1 is 1.24 bits per heavy atom. The second kappa shape index (κ2) is 5.27. The summed E-state index contributed by atoms with van der Waals surface area (Å²) in [6.07, 6.45) is 4.92. The van der Waals surface area contributed by atoms with Crippen LogP contribution in [0, 0.1) is 11.6 Å². The van der Waals surface area contributed by atoms with Gasteiger partial charge in [0.2, 0.25) is 0 Å². The number of rotatable bonds is 4. The van der Waals surface area contributed by atoms with Gasteiger partial charge in [-0.1, -0.05) is 12.3 Å². The van der Waals surface area contributed by atoms with Crippen LogP contribution < -0.4 is 0 Å². The Morgan fingerprint density at radius 3 is 2.71 bits per heavy atom. The maximum absolute atomic E-state index is 13.8. The highest BCUT2D eigenvalue weighted by Crippen LogP contribution is 2.23. The van der Waals surface area contributed by atoms with Crippen molar-refractivity contribution in [2.75, 3.05) is 0 Å². The number of nitrogens with zero attached hydrogens (tertiary/aromatic N) is 2. The lowest BCUT2D eigenvalue weighted by molar-refractivity contribution is 0.585. The number of allylic oxidation sites excluding steroid dienone is 1. The van der Waals surface area contributed by atoms with Crippen molar-refractivity contribution < 1.29 is 8.78 Å². The minimum Gasteiger partial charge on any atom is -0.256 e. The fourth-order valence-electron chi connectivity index (χ4n) is 1.89. The molecule has 0 atom stereocenters. The molecule has 2 nitrogen and oxygen atoms in total. The molecule has 0 bridgehead atoms. The van der Waals surface area contributed by atoms with Gasteiger partial charge < -0.3 is 0 Å². The van der Waals surface area contributed by atoms with E-state index in [1.807, 2.05) is 0 Å². The van der Waals surface area contributed by atoms with Crippen LogP contribution in [0.4, 0.5) is 8.78 Å². The quantitative estimate of drug-likeness (QED) is 0.612. The average molecular weight is 280 g/mol. The molecule has 1 aliphatic rings. The lowest BCUT2D eigenvalue weighted by Crippen LogP contribution is -1.98. The highest BCUT2D eigenvalue weighted by atomic mass is 19.1. The fourth-order valence-corrected chi connectivity index (χ4v) is 1.89. The molecule has 0 saturated heterocycles. The summed E-state index contributed by atoms with van der Waals surface area (Å²) in [5.41, 5.74) is 5.69. The highest BCUT2D eigenvalue weighted by Gasteiger charge is 2.10. The maximum Gasteiger partial charge on any atom is 0.135 e. The summed E-state index contributed by atoms with van der Waals surface area (Å²) >= 11 is 0. The average Bonchev–Trinajstić information content (AvgIpc) is 3.29. The molecule has 1 aromatic carbocycles. The first-order chi connectivity index (χ1) is 10.2. The van der Waals surface area contributed by atoms with Crippen molar-refractivity contribution in [3.8, 4) is 11.3 Å². The number of aliphatic imine (C=N–C) groups is 1. The third kappa shape index (κ3) is 2.86. The van der Waals surface area contributed by atoms with Crippen LogP contribution in [0.15, 0.2) is 71.7 Å². The smallest absolute Gasteiger partial charge is 0.135 e. The van der Waals surface area contributed by atoms with Crippen LogP contribution in [0.1, 0.15) is 5.56 Å². The first kappa shape index (κ1) is 13.2. The molecule has 0 unspecified atom stereocenters. The van der Waals surface area contributed by atoms with Crippen molar-refractivity contribution >= 4 is 5.71 Å². The molecule has 0 amide bonds. The summed E-state index contributed by atoms with van der Waals surface area (Å²) in [5, 5.41) is 0. The Balaban J connectivity index is 2.03. The van der Waals surface area contributed by atoms with Gasteiger partial charge in [0.25, 0.3) is 0 Å². The van der Waals surface area contributed by atoms with Crippen molar-refractivity contribution in [3.63, 3.8) is 0 Å². The summed E-state index contributed by atoms with van der Waals surface area (Å²) in [4.78, 5) is 8.44. The Bertz CT molecular complexity index is 828. The van der Waals surface area contributed by atoms with Gasteiger partial charge in [-0.25, -0.2) is 13.8 Å². The van der Waals surface area contributed by atoms with Crippen molar-refractivity contribution in [3.05, 3.63) is 83.9 Å². The Hall–Kier alpha value is -2.84. The summed E-state index contributed by atoms with van der Waals surface area (Å²) in [7, 11) is 0. The van der Waals surface area contributed by atoms with Crippen molar-refractivity contribution in [1.82, 2.24) is 4.98 Å². The fraction of sp³-hybridized carbons (Fsp3) is 0. The van der Waals surface area contributed by atoms with Crippen LogP contribution in [-0.2, 0) is 0 Å². The number of benzene rings is 1. The molecule has 0 radical (unpaired) electrons. The molecule has 0 spiro atoms. The molecule has 21 heavy (non-hydrogen) atoms. The second-order valence-electron chi connectivity index (χ2n) is 4.43. The van der Waals surface area contributed by atoms with Crippen molar-refractivity contribution in [2.45, 2.75) is 0 Å². The zero-order valence-electron chi connectivity index (χ0n) is 11.0. The van der Waals surface area contributed by atoms with E-state index in [-0.39, 0.29) is 5.56 Å². The lowest BCUT2D eigenvalue weighted by Gasteiger charge is -2.06. The van der Waals surface area contributed by atoms with Crippen LogP contribution in [0.2, 0.25) is 0 Å². The third-order valence-corrected chi connectivity index (χ3v) is 2.97. The van der Waals surface area contributed by atoms with Gasteiger partial charge in [-0.2, -0.15) is 0 Å². The Labute approximate surface area is 120 Å². The summed E-state index contributed by atoms with van der Waals surface area (Å²) in [5.74, 6) is -1.27. The highest BCUT2D eigenvalue weighted by molar-refractivity contribution is 6.09. The van der Waals surface area contributed by atoms with Crippen LogP contribution in [0.25, 0.3) is 11.3 Å². The number of hydrogen-bond donors (Lipinski definition) is 0. The topological polar surface area (TPSA) is 25.2 Å². The second-order valence-corrected chi connectivity index (χ2v) is 4.43. The molecule has 1 aliphatic carbocycles. The van der Waals surface area contributed by atoms with E-state index in [0.29, 0.717) is 11.4 Å². The summed E-state index contributed by atoms with van der Waals surface area (Å²) in [6, 6.07) is 6.86. The SMILES string of the molecule is C=CC(=NC1=C=C1)c1ccnc(-c2ccc(F)cc2F)c1. The Kier molecular flexibility index (Phi) is 3.30. The van der Waals surface area contributed by atoms with E-state index in [1.165, 1.54) is 12.1 Å². The van der Waals surface area contributed by atoms with Gasteiger partial charge in [-0.3, -0.25) is 4.98 Å². The molecule has 1 heterocycles. The predicted octanol–water partition coefficient (Wildman–Crippen LogP) is 4.05. The maximum atomic E-state index is 13.8. The van der Waals surface area contributed by atoms with Gasteiger partial charge >= 0.3 is 0 Å². The van der Waals surface area contributed by atoms with Gasteiger partial charge in [-0.15, -0.1) is 0 Å². The molecule has 1 aromatic heterocycles. The van der Waals surface area contributed by atoms with Crippen LogP contribution in [0.5, 0.6) is 0 Å². The Morgan fingerprint density at radius 2 is 2.05 bits per heavy atom. The molecular weight excluding hydrogens is 270 g/mol. The van der Waals surface area contributed by atoms with Crippen LogP contribution in [0.3, 0.4) is 0 Å². The normalized spacial score (nSPS) is 13.0. The summed E-state index contributed by atoms with van der Waals surface area (Å²) < 4.78 is 26.8. The number of aromatic nitrogens is 1. The molecule has 0 fully saturated rings. The zero-order valence-corrected chi connectivity index (χ0v) is 11.0. The first-order valence-corrected chi connectivity index (χ1v) is 6.27. The summed E-state index contributed by atoms with van der Waals surface area (Å²) in [6.45, 7) is 3.72. The molecule has 2 aromatic rings. The lowest BCUT2D eigenvalue weighted by atomic mass is 10.1. The molecule has 3 rings (SSSR count). The molecule has 4 heteroatoms. The van der Waals surface area contributed by atoms with Crippen LogP contribution >= 0.6 is 0 Å². The molecule has 102 valence electrons. The van der Waals surface area contributed by atoms with E-state index in [9.17, 15) is 8.78 Å². The third-order valence-electron chi connectivity index (χ3n) is 2.97. The van der Waals surface area contributed by atoms with Gasteiger partial charge in [0.1, 0.15) is 17.3 Å². The van der Waals surface area contributed by atoms with E-state index in [2.05, 4.69) is 22.3 Å².